The average molecular weight is 359 g/mol. The van der Waals surface area contributed by atoms with Crippen LogP contribution in [0.1, 0.15) is 24.0 Å². The number of nitrogens with zero attached hydrogens (tertiary/aromatic N) is 3. The molecule has 3 N–H and O–H groups in total. The number of nitrogens with one attached hydrogen (secondary N) is 2. The molecule has 0 aliphatic carbocycles. The molecule has 2 heterocycles. The van der Waals surface area contributed by atoms with Crippen LogP contribution in [0.2, 0.25) is 0 Å². The van der Waals surface area contributed by atoms with Crippen LogP contribution >= 0.6 is 0 Å². The van der Waals surface area contributed by atoms with Gasteiger partial charge in [-0.15, -0.1) is 10.2 Å². The van der Waals surface area contributed by atoms with Crippen molar-refractivity contribution >= 4 is 16.6 Å². The predicted octanol–water partition coefficient (Wildman–Crippen LogP) is 3.35. The monoisotopic (exact) mass is 359 g/mol. The van der Waals surface area contributed by atoms with E-state index in [1.54, 1.807) is 12.1 Å². The number of aryl methyl sites for hydroxylation is 1. The van der Waals surface area contributed by atoms with E-state index in [2.05, 4.69) is 33.0 Å². The Labute approximate surface area is 157 Å². The quantitative estimate of drug-likeness (QED) is 0.664. The van der Waals surface area contributed by atoms with Crippen molar-refractivity contribution in [2.45, 2.75) is 25.8 Å². The van der Waals surface area contributed by atoms with Crippen molar-refractivity contribution in [3.63, 3.8) is 0 Å². The number of nitriles is 1. The highest BCUT2D eigenvalue weighted by Crippen LogP contribution is 2.35. The highest BCUT2D eigenvalue weighted by atomic mass is 16.3. The minimum Gasteiger partial charge on any atom is -0.507 e. The van der Waals surface area contributed by atoms with Crippen LogP contribution in [0.4, 0.5) is 5.82 Å². The van der Waals surface area contributed by atoms with Crippen LogP contribution in [0, 0.1) is 18.3 Å². The van der Waals surface area contributed by atoms with Crippen LogP contribution in [-0.4, -0.2) is 34.4 Å². The largest absolute Gasteiger partial charge is 0.507 e. The first-order valence-electron chi connectivity index (χ1n) is 9.13. The van der Waals surface area contributed by atoms with Crippen LogP contribution in [-0.2, 0) is 0 Å². The number of phenols is 1. The molecule has 2 aromatic carbocycles. The first-order valence-corrected chi connectivity index (χ1v) is 9.13. The van der Waals surface area contributed by atoms with E-state index in [0.717, 1.165) is 48.1 Å². The van der Waals surface area contributed by atoms with Gasteiger partial charge in [0.1, 0.15) is 11.4 Å². The number of hydrogen-bond acceptors (Lipinski definition) is 6. The lowest BCUT2D eigenvalue weighted by Crippen LogP contribution is -2.38. The number of phenolic OH excluding ortho intramolecular Hbond substituents is 1. The van der Waals surface area contributed by atoms with E-state index in [9.17, 15) is 5.11 Å². The summed E-state index contributed by atoms with van der Waals surface area (Å²) in [6, 6.07) is 13.4. The molecule has 1 aromatic heterocycles. The summed E-state index contributed by atoms with van der Waals surface area (Å²) in [4.78, 5) is 0. The Morgan fingerprint density at radius 2 is 2.07 bits per heavy atom. The van der Waals surface area contributed by atoms with E-state index >= 15 is 0 Å². The molecule has 1 aliphatic heterocycles. The zero-order valence-corrected chi connectivity index (χ0v) is 15.2. The second kappa shape index (κ2) is 7.22. The molecule has 0 radical (unpaired) electrons. The normalized spacial score (nSPS) is 16.8. The van der Waals surface area contributed by atoms with Crippen molar-refractivity contribution < 1.29 is 5.11 Å². The SMILES string of the molecule is Cc1ccc2c(N[C@@H]3CCCNC3)nnc(-c3ccc(C#N)cc3O)c2c1. The van der Waals surface area contributed by atoms with Gasteiger partial charge >= 0.3 is 0 Å². The molecule has 0 amide bonds. The molecule has 6 heteroatoms. The molecular weight excluding hydrogens is 338 g/mol. The van der Waals surface area contributed by atoms with Crippen LogP contribution in [0.15, 0.2) is 36.4 Å². The van der Waals surface area contributed by atoms with Gasteiger partial charge in [-0.3, -0.25) is 0 Å². The van der Waals surface area contributed by atoms with Gasteiger partial charge in [0, 0.05) is 28.9 Å². The molecule has 136 valence electrons. The number of hydrogen-bond donors (Lipinski definition) is 3. The molecule has 6 nitrogen and oxygen atoms in total. The Kier molecular flexibility index (Phi) is 4.61. The van der Waals surface area contributed by atoms with Gasteiger partial charge in [-0.2, -0.15) is 5.26 Å². The lowest BCUT2D eigenvalue weighted by molar-refractivity contribution is 0.476. The minimum atomic E-state index is 0.0309. The summed E-state index contributed by atoms with van der Waals surface area (Å²) >= 11 is 0. The molecule has 0 bridgehead atoms. The van der Waals surface area contributed by atoms with E-state index in [-0.39, 0.29) is 5.75 Å². The maximum atomic E-state index is 10.4. The standard InChI is InChI=1S/C21H21N5O/c1-13-4-6-16-18(9-13)20(17-7-5-14(11-22)10-19(17)27)25-26-21(16)24-15-3-2-8-23-12-15/h4-7,9-10,15,23,27H,2-3,8,12H2,1H3,(H,24,26)/t15-/m1/s1. The summed E-state index contributed by atoms with van der Waals surface area (Å²) in [5, 5.41) is 37.1. The topological polar surface area (TPSA) is 93.9 Å². The minimum absolute atomic E-state index is 0.0309. The van der Waals surface area contributed by atoms with Crippen LogP contribution < -0.4 is 10.6 Å². The lowest BCUT2D eigenvalue weighted by atomic mass is 10.0. The van der Waals surface area contributed by atoms with Crippen molar-refractivity contribution in [3.05, 3.63) is 47.5 Å². The lowest BCUT2D eigenvalue weighted by Gasteiger charge is -2.24. The Morgan fingerprint density at radius 3 is 2.81 bits per heavy atom. The number of rotatable bonds is 3. The molecule has 1 fully saturated rings. The third kappa shape index (κ3) is 3.42. The van der Waals surface area contributed by atoms with E-state index < -0.39 is 0 Å². The molecular formula is C21H21N5O. The number of piperidine rings is 1. The zero-order chi connectivity index (χ0) is 18.8. The fraction of sp³-hybridized carbons (Fsp3) is 0.286. The average Bonchev–Trinajstić information content (AvgIpc) is 2.69. The van der Waals surface area contributed by atoms with E-state index in [0.29, 0.717) is 22.9 Å². The summed E-state index contributed by atoms with van der Waals surface area (Å²) < 4.78 is 0. The molecule has 27 heavy (non-hydrogen) atoms. The molecule has 0 unspecified atom stereocenters. The second-order valence-corrected chi connectivity index (χ2v) is 6.98. The first-order chi connectivity index (χ1) is 13.2. The molecule has 4 rings (SSSR count). The smallest absolute Gasteiger partial charge is 0.156 e. The first kappa shape index (κ1) is 17.3. The fourth-order valence-corrected chi connectivity index (χ4v) is 3.54. The second-order valence-electron chi connectivity index (χ2n) is 6.98. The van der Waals surface area contributed by atoms with Crippen molar-refractivity contribution in [3.8, 4) is 23.1 Å². The maximum Gasteiger partial charge on any atom is 0.156 e. The van der Waals surface area contributed by atoms with Gasteiger partial charge in [-0.1, -0.05) is 17.7 Å². The van der Waals surface area contributed by atoms with Gasteiger partial charge in [-0.25, -0.2) is 0 Å². The predicted molar refractivity (Wildman–Crippen MR) is 106 cm³/mol. The Balaban J connectivity index is 1.82. The number of anilines is 1. The molecule has 1 atom stereocenters. The molecule has 1 saturated heterocycles. The van der Waals surface area contributed by atoms with Crippen LogP contribution in [0.5, 0.6) is 5.75 Å². The zero-order valence-electron chi connectivity index (χ0n) is 15.2. The van der Waals surface area contributed by atoms with E-state index in [1.807, 2.05) is 19.1 Å². The Morgan fingerprint density at radius 1 is 1.19 bits per heavy atom. The van der Waals surface area contributed by atoms with Crippen molar-refractivity contribution in [2.24, 2.45) is 0 Å². The third-order valence-electron chi connectivity index (χ3n) is 4.95. The van der Waals surface area contributed by atoms with Crippen molar-refractivity contribution in [1.29, 1.82) is 5.26 Å². The highest BCUT2D eigenvalue weighted by Gasteiger charge is 2.18. The van der Waals surface area contributed by atoms with Gasteiger partial charge in [0.15, 0.2) is 5.82 Å². The Hall–Kier alpha value is -3.17. The number of aromatic nitrogens is 2. The third-order valence-corrected chi connectivity index (χ3v) is 4.95. The summed E-state index contributed by atoms with van der Waals surface area (Å²) in [6.45, 7) is 3.99. The van der Waals surface area contributed by atoms with Crippen LogP contribution in [0.25, 0.3) is 22.0 Å². The molecule has 3 aromatic rings. The molecule has 0 saturated carbocycles. The van der Waals surface area contributed by atoms with E-state index in [4.69, 9.17) is 5.26 Å². The highest BCUT2D eigenvalue weighted by molar-refractivity contribution is 6.01. The Bertz CT molecular complexity index is 1030. The molecule has 0 spiro atoms. The van der Waals surface area contributed by atoms with Crippen molar-refractivity contribution in [1.82, 2.24) is 15.5 Å². The number of fused-ring (bicyclic) bond motifs is 1. The molecule has 1 aliphatic rings. The van der Waals surface area contributed by atoms with Gasteiger partial charge in [-0.05, 0) is 50.6 Å². The van der Waals surface area contributed by atoms with Gasteiger partial charge in [0.25, 0.3) is 0 Å². The fourth-order valence-electron chi connectivity index (χ4n) is 3.54. The number of aromatic hydroxyl groups is 1. The van der Waals surface area contributed by atoms with Gasteiger partial charge in [0.2, 0.25) is 0 Å². The van der Waals surface area contributed by atoms with Gasteiger partial charge in [0.05, 0.1) is 11.6 Å². The summed E-state index contributed by atoms with van der Waals surface area (Å²) in [5.74, 6) is 0.791. The van der Waals surface area contributed by atoms with Crippen LogP contribution in [0.3, 0.4) is 0 Å². The van der Waals surface area contributed by atoms with Gasteiger partial charge < -0.3 is 15.7 Å². The number of benzene rings is 2. The maximum absolute atomic E-state index is 10.4. The van der Waals surface area contributed by atoms with E-state index in [1.165, 1.54) is 6.07 Å². The van der Waals surface area contributed by atoms with Crippen molar-refractivity contribution in [2.75, 3.05) is 18.4 Å². The summed E-state index contributed by atoms with van der Waals surface area (Å²) in [7, 11) is 0. The summed E-state index contributed by atoms with van der Waals surface area (Å²) in [5.41, 5.74) is 2.70. The summed E-state index contributed by atoms with van der Waals surface area (Å²) in [6.07, 6.45) is 2.24.